The van der Waals surface area contributed by atoms with E-state index in [0.717, 1.165) is 26.9 Å². The second-order valence-corrected chi connectivity index (χ2v) is 6.49. The Morgan fingerprint density at radius 3 is 2.87 bits per heavy atom. The summed E-state index contributed by atoms with van der Waals surface area (Å²) in [6.45, 7) is 2.74. The number of aryl methyl sites for hydroxylation is 1. The number of allylic oxidation sites excluding steroid dienone is 1. The number of carbonyl (C=O) groups excluding carboxylic acids is 1. The SMILES string of the molecule is CCn1cc(C(=O)/C=C/c2ccc(-c3ccccc3Cl)s2)cn1. The molecule has 0 saturated heterocycles. The smallest absolute Gasteiger partial charge is 0.189 e. The van der Waals surface area contributed by atoms with Crippen LogP contribution in [0.5, 0.6) is 0 Å². The van der Waals surface area contributed by atoms with Crippen LogP contribution in [0.25, 0.3) is 16.5 Å². The standard InChI is InChI=1S/C18H15ClN2OS/c1-2-21-12-13(11-20-21)17(22)9-7-14-8-10-18(23-14)15-5-3-4-6-16(15)19/h3-12H,2H2,1H3/b9-7+. The maximum Gasteiger partial charge on any atom is 0.189 e. The molecule has 0 unspecified atom stereocenters. The Kier molecular flexibility index (Phi) is 4.74. The predicted molar refractivity (Wildman–Crippen MR) is 96.0 cm³/mol. The van der Waals surface area contributed by atoms with Gasteiger partial charge >= 0.3 is 0 Å². The highest BCUT2D eigenvalue weighted by atomic mass is 35.5. The van der Waals surface area contributed by atoms with E-state index >= 15 is 0 Å². The Bertz CT molecular complexity index is 863. The summed E-state index contributed by atoms with van der Waals surface area (Å²) in [5.41, 5.74) is 1.61. The van der Waals surface area contributed by atoms with Crippen molar-refractivity contribution in [3.05, 3.63) is 70.3 Å². The molecule has 0 N–H and O–H groups in total. The molecule has 2 heterocycles. The zero-order chi connectivity index (χ0) is 16.2. The quantitative estimate of drug-likeness (QED) is 0.473. The van der Waals surface area contributed by atoms with Crippen LogP contribution in [0.3, 0.4) is 0 Å². The lowest BCUT2D eigenvalue weighted by atomic mass is 10.2. The Balaban J connectivity index is 1.76. The molecule has 0 aliphatic heterocycles. The fourth-order valence-corrected chi connectivity index (χ4v) is 3.41. The predicted octanol–water partition coefficient (Wildman–Crippen LogP) is 5.18. The highest BCUT2D eigenvalue weighted by molar-refractivity contribution is 7.16. The van der Waals surface area contributed by atoms with Gasteiger partial charge in [0.05, 0.1) is 11.8 Å². The third kappa shape index (κ3) is 3.60. The van der Waals surface area contributed by atoms with Gasteiger partial charge in [-0.15, -0.1) is 11.3 Å². The van der Waals surface area contributed by atoms with Crippen LogP contribution in [0.4, 0.5) is 0 Å². The van der Waals surface area contributed by atoms with E-state index < -0.39 is 0 Å². The molecule has 3 nitrogen and oxygen atoms in total. The van der Waals surface area contributed by atoms with Crippen molar-refractivity contribution in [2.24, 2.45) is 0 Å². The van der Waals surface area contributed by atoms with Crippen molar-refractivity contribution < 1.29 is 4.79 Å². The molecule has 0 aliphatic rings. The summed E-state index contributed by atoms with van der Waals surface area (Å²) in [4.78, 5) is 14.2. The summed E-state index contributed by atoms with van der Waals surface area (Å²) in [6, 6.07) is 11.8. The van der Waals surface area contributed by atoms with Gasteiger partial charge in [-0.1, -0.05) is 29.8 Å². The van der Waals surface area contributed by atoms with Gasteiger partial charge in [0.25, 0.3) is 0 Å². The van der Waals surface area contributed by atoms with Gasteiger partial charge in [0.2, 0.25) is 0 Å². The van der Waals surface area contributed by atoms with E-state index in [1.165, 1.54) is 0 Å². The Morgan fingerprint density at radius 2 is 2.13 bits per heavy atom. The monoisotopic (exact) mass is 342 g/mol. The molecule has 5 heteroatoms. The average molecular weight is 343 g/mol. The number of benzene rings is 1. The van der Waals surface area contributed by atoms with Gasteiger partial charge in [0.1, 0.15) is 0 Å². The summed E-state index contributed by atoms with van der Waals surface area (Å²) < 4.78 is 1.74. The fourth-order valence-electron chi connectivity index (χ4n) is 2.17. The lowest BCUT2D eigenvalue weighted by Gasteiger charge is -1.99. The van der Waals surface area contributed by atoms with Crippen LogP contribution < -0.4 is 0 Å². The van der Waals surface area contributed by atoms with Crippen molar-refractivity contribution in [1.29, 1.82) is 0 Å². The van der Waals surface area contributed by atoms with Crippen LogP contribution in [0.1, 0.15) is 22.2 Å². The van der Waals surface area contributed by atoms with E-state index in [1.807, 2.05) is 49.4 Å². The first-order chi connectivity index (χ1) is 11.2. The van der Waals surface area contributed by atoms with Gasteiger partial charge in [-0.2, -0.15) is 5.10 Å². The first kappa shape index (κ1) is 15.7. The molecule has 0 atom stereocenters. The summed E-state index contributed by atoms with van der Waals surface area (Å²) >= 11 is 7.82. The zero-order valence-corrected chi connectivity index (χ0v) is 14.1. The second kappa shape index (κ2) is 6.94. The normalized spacial score (nSPS) is 11.2. The lowest BCUT2D eigenvalue weighted by molar-refractivity contribution is 0.104. The van der Waals surface area contributed by atoms with Crippen molar-refractivity contribution in [3.8, 4) is 10.4 Å². The van der Waals surface area contributed by atoms with E-state index in [4.69, 9.17) is 11.6 Å². The molecule has 0 bridgehead atoms. The minimum atomic E-state index is -0.0441. The van der Waals surface area contributed by atoms with Crippen molar-refractivity contribution in [2.45, 2.75) is 13.5 Å². The van der Waals surface area contributed by atoms with Crippen LogP contribution in [0.15, 0.2) is 54.9 Å². The maximum atomic E-state index is 12.1. The maximum absolute atomic E-state index is 12.1. The van der Waals surface area contributed by atoms with E-state index in [2.05, 4.69) is 5.10 Å². The summed E-state index contributed by atoms with van der Waals surface area (Å²) in [5.74, 6) is -0.0441. The highest BCUT2D eigenvalue weighted by Crippen LogP contribution is 2.33. The van der Waals surface area contributed by atoms with Gasteiger partial charge in [-0.25, -0.2) is 0 Å². The molecule has 0 spiro atoms. The molecule has 116 valence electrons. The van der Waals surface area contributed by atoms with Crippen LogP contribution in [-0.4, -0.2) is 15.6 Å². The van der Waals surface area contributed by atoms with Gasteiger partial charge < -0.3 is 0 Å². The molecule has 3 rings (SSSR count). The molecular formula is C18H15ClN2OS. The number of hydrogen-bond donors (Lipinski definition) is 0. The minimum Gasteiger partial charge on any atom is -0.289 e. The topological polar surface area (TPSA) is 34.9 Å². The van der Waals surface area contributed by atoms with E-state index in [9.17, 15) is 4.79 Å². The van der Waals surface area contributed by atoms with Crippen LogP contribution in [-0.2, 0) is 6.54 Å². The molecule has 0 aliphatic carbocycles. The average Bonchev–Trinajstić information content (AvgIpc) is 3.22. The molecule has 23 heavy (non-hydrogen) atoms. The second-order valence-electron chi connectivity index (χ2n) is 4.96. The largest absolute Gasteiger partial charge is 0.289 e. The number of rotatable bonds is 5. The summed E-state index contributed by atoms with van der Waals surface area (Å²) in [7, 11) is 0. The molecule has 0 saturated carbocycles. The molecule has 0 fully saturated rings. The number of hydrogen-bond acceptors (Lipinski definition) is 3. The first-order valence-corrected chi connectivity index (χ1v) is 8.46. The van der Waals surface area contributed by atoms with Crippen molar-refractivity contribution >= 4 is 34.8 Å². The number of nitrogens with zero attached hydrogens (tertiary/aromatic N) is 2. The minimum absolute atomic E-state index is 0.0441. The van der Waals surface area contributed by atoms with Gasteiger partial charge in [0.15, 0.2) is 5.78 Å². The number of ketones is 1. The molecule has 1 aromatic carbocycles. The van der Waals surface area contributed by atoms with E-state index in [1.54, 1.807) is 34.5 Å². The van der Waals surface area contributed by atoms with Crippen LogP contribution in [0.2, 0.25) is 5.02 Å². The first-order valence-electron chi connectivity index (χ1n) is 7.27. The van der Waals surface area contributed by atoms with Crippen molar-refractivity contribution in [1.82, 2.24) is 9.78 Å². The molecule has 0 radical (unpaired) electrons. The van der Waals surface area contributed by atoms with Crippen molar-refractivity contribution in [3.63, 3.8) is 0 Å². The highest BCUT2D eigenvalue weighted by Gasteiger charge is 2.07. The third-order valence-electron chi connectivity index (χ3n) is 3.41. The van der Waals surface area contributed by atoms with Gasteiger partial charge in [-0.3, -0.25) is 9.48 Å². The molecular weight excluding hydrogens is 328 g/mol. The van der Waals surface area contributed by atoms with Crippen LogP contribution >= 0.6 is 22.9 Å². The zero-order valence-electron chi connectivity index (χ0n) is 12.6. The number of halogens is 1. The fraction of sp³-hybridized carbons (Fsp3) is 0.111. The molecule has 2 aromatic heterocycles. The molecule has 3 aromatic rings. The van der Waals surface area contributed by atoms with Crippen molar-refractivity contribution in [2.75, 3.05) is 0 Å². The van der Waals surface area contributed by atoms with Gasteiger partial charge in [-0.05, 0) is 37.3 Å². The number of thiophene rings is 1. The number of carbonyl (C=O) groups is 1. The van der Waals surface area contributed by atoms with E-state index in [-0.39, 0.29) is 5.78 Å². The summed E-state index contributed by atoms with van der Waals surface area (Å²) in [5, 5.41) is 4.84. The lowest BCUT2D eigenvalue weighted by Crippen LogP contribution is -1.94. The van der Waals surface area contributed by atoms with Crippen LogP contribution in [0, 0.1) is 0 Å². The summed E-state index contributed by atoms with van der Waals surface area (Å²) in [6.07, 6.45) is 6.77. The number of aromatic nitrogens is 2. The van der Waals surface area contributed by atoms with Gasteiger partial charge in [0, 0.05) is 33.1 Å². The molecule has 0 amide bonds. The Labute approximate surface area is 143 Å². The Morgan fingerprint density at radius 1 is 1.30 bits per heavy atom. The van der Waals surface area contributed by atoms with E-state index in [0.29, 0.717) is 5.56 Å². The Hall–Kier alpha value is -2.17. The third-order valence-corrected chi connectivity index (χ3v) is 4.82.